The molecule has 0 saturated heterocycles. The van der Waals surface area contributed by atoms with Crippen LogP contribution in [-0.4, -0.2) is 29.9 Å². The van der Waals surface area contributed by atoms with E-state index in [-0.39, 0.29) is 5.91 Å². The number of hydrogen-bond donors (Lipinski definition) is 1. The molecule has 0 spiro atoms. The predicted octanol–water partition coefficient (Wildman–Crippen LogP) is 4.07. The van der Waals surface area contributed by atoms with Crippen molar-refractivity contribution in [3.63, 3.8) is 0 Å². The number of esters is 1. The number of nitrogens with one attached hydrogen (secondary N) is 1. The summed E-state index contributed by atoms with van der Waals surface area (Å²) in [5.41, 5.74) is 0.135. The molecule has 7 heteroatoms. The number of carbonyl (C=O) groups excluding carboxylic acids is 3. The van der Waals surface area contributed by atoms with Crippen LogP contribution >= 0.6 is 11.6 Å². The lowest BCUT2D eigenvalue weighted by Gasteiger charge is -2.42. The summed E-state index contributed by atoms with van der Waals surface area (Å²) in [7, 11) is 0. The van der Waals surface area contributed by atoms with Crippen molar-refractivity contribution in [2.75, 3.05) is 16.8 Å². The van der Waals surface area contributed by atoms with Gasteiger partial charge in [0.1, 0.15) is 5.54 Å². The summed E-state index contributed by atoms with van der Waals surface area (Å²) in [5, 5.41) is 3.42. The maximum absolute atomic E-state index is 13.1. The minimum absolute atomic E-state index is 0.294. The van der Waals surface area contributed by atoms with Crippen molar-refractivity contribution < 1.29 is 19.1 Å². The number of anilines is 2. The van der Waals surface area contributed by atoms with E-state index in [1.807, 2.05) is 12.1 Å². The van der Waals surface area contributed by atoms with E-state index < -0.39 is 29.4 Å². The molecule has 1 heterocycles. The molecule has 2 amide bonds. The molecule has 2 aromatic rings. The fourth-order valence-corrected chi connectivity index (χ4v) is 4.26. The van der Waals surface area contributed by atoms with Crippen LogP contribution in [0.5, 0.6) is 0 Å². The molecule has 0 atom stereocenters. The number of carbonyl (C=O) groups is 3. The Balaban J connectivity index is 1.53. The summed E-state index contributed by atoms with van der Waals surface area (Å²) in [5.74, 6) is -1.16. The van der Waals surface area contributed by atoms with Crippen molar-refractivity contribution in [3.05, 3.63) is 59.1 Å². The topological polar surface area (TPSA) is 75.7 Å². The number of para-hydroxylation sites is 2. The Morgan fingerprint density at radius 2 is 1.77 bits per heavy atom. The van der Waals surface area contributed by atoms with Gasteiger partial charge in [0.2, 0.25) is 5.91 Å². The van der Waals surface area contributed by atoms with E-state index in [1.54, 1.807) is 50.2 Å². The minimum Gasteiger partial charge on any atom is -0.455 e. The van der Waals surface area contributed by atoms with Crippen LogP contribution in [0.25, 0.3) is 0 Å². The van der Waals surface area contributed by atoms with Gasteiger partial charge in [0.25, 0.3) is 5.91 Å². The molecular formula is C23H23ClN2O4. The van der Waals surface area contributed by atoms with E-state index in [4.69, 9.17) is 16.3 Å². The van der Waals surface area contributed by atoms with Crippen LogP contribution in [0.4, 0.5) is 11.4 Å². The van der Waals surface area contributed by atoms with Crippen LogP contribution in [0.15, 0.2) is 48.5 Å². The molecule has 0 radical (unpaired) electrons. The predicted molar refractivity (Wildman–Crippen MR) is 115 cm³/mol. The zero-order valence-corrected chi connectivity index (χ0v) is 17.7. The van der Waals surface area contributed by atoms with Crippen molar-refractivity contribution in [2.24, 2.45) is 0 Å². The number of ether oxygens (including phenoxy) is 1. The van der Waals surface area contributed by atoms with E-state index in [0.717, 1.165) is 12.0 Å². The molecule has 0 bridgehead atoms. The van der Waals surface area contributed by atoms with Gasteiger partial charge in [0.05, 0.1) is 16.8 Å². The molecule has 0 unspecified atom stereocenters. The standard InChI is InChI=1S/C23H23ClN2O4/c1-22(2)20(28)25-17-6-3-4-7-18(17)26(22)19(27)14-30-21(29)23(12-5-13-23)15-8-10-16(24)11-9-15/h3-4,6-11H,5,12-14H2,1-2H3,(H,25,28). The average molecular weight is 427 g/mol. The van der Waals surface area contributed by atoms with Crippen molar-refractivity contribution in [3.8, 4) is 0 Å². The Morgan fingerprint density at radius 1 is 1.10 bits per heavy atom. The van der Waals surface area contributed by atoms with Gasteiger partial charge in [-0.3, -0.25) is 19.3 Å². The number of hydrogen-bond acceptors (Lipinski definition) is 4. The molecule has 1 saturated carbocycles. The third kappa shape index (κ3) is 3.25. The summed E-state index contributed by atoms with van der Waals surface area (Å²) in [6.45, 7) is 2.90. The lowest BCUT2D eigenvalue weighted by atomic mass is 9.64. The molecular weight excluding hydrogens is 404 g/mol. The Hall–Kier alpha value is -2.86. The quantitative estimate of drug-likeness (QED) is 0.748. The van der Waals surface area contributed by atoms with Gasteiger partial charge in [0, 0.05) is 5.02 Å². The van der Waals surface area contributed by atoms with Crippen LogP contribution < -0.4 is 10.2 Å². The molecule has 1 N–H and O–H groups in total. The second-order valence-electron chi connectivity index (χ2n) is 8.28. The number of fused-ring (bicyclic) bond motifs is 1. The van der Waals surface area contributed by atoms with E-state index in [2.05, 4.69) is 5.32 Å². The molecule has 0 aromatic heterocycles. The highest BCUT2D eigenvalue weighted by molar-refractivity contribution is 6.30. The van der Waals surface area contributed by atoms with Gasteiger partial charge in [-0.15, -0.1) is 0 Å². The van der Waals surface area contributed by atoms with E-state index in [0.29, 0.717) is 29.2 Å². The van der Waals surface area contributed by atoms with E-state index in [9.17, 15) is 14.4 Å². The lowest BCUT2D eigenvalue weighted by molar-refractivity contribution is -0.157. The third-order valence-electron chi connectivity index (χ3n) is 6.08. The van der Waals surface area contributed by atoms with Crippen LogP contribution in [0.1, 0.15) is 38.7 Å². The Bertz CT molecular complexity index is 1010. The Morgan fingerprint density at radius 3 is 2.40 bits per heavy atom. The second kappa shape index (κ2) is 7.43. The highest BCUT2D eigenvalue weighted by atomic mass is 35.5. The second-order valence-corrected chi connectivity index (χ2v) is 8.71. The lowest BCUT2D eigenvalue weighted by Crippen LogP contribution is -2.59. The third-order valence-corrected chi connectivity index (χ3v) is 6.33. The highest BCUT2D eigenvalue weighted by Gasteiger charge is 2.48. The maximum atomic E-state index is 13.1. The maximum Gasteiger partial charge on any atom is 0.317 e. The molecule has 1 aliphatic heterocycles. The molecule has 1 aliphatic carbocycles. The first-order valence-electron chi connectivity index (χ1n) is 9.92. The summed E-state index contributed by atoms with van der Waals surface area (Å²) < 4.78 is 5.50. The molecule has 30 heavy (non-hydrogen) atoms. The van der Waals surface area contributed by atoms with Crippen molar-refractivity contribution >= 4 is 40.8 Å². The van der Waals surface area contributed by atoms with E-state index in [1.165, 1.54) is 4.90 Å². The fourth-order valence-electron chi connectivity index (χ4n) is 4.14. The number of nitrogens with zero attached hydrogens (tertiary/aromatic N) is 1. The van der Waals surface area contributed by atoms with Crippen LogP contribution in [-0.2, 0) is 24.5 Å². The molecule has 2 aromatic carbocycles. The van der Waals surface area contributed by atoms with Gasteiger partial charge in [-0.2, -0.15) is 0 Å². The normalized spacial score (nSPS) is 18.6. The first-order valence-corrected chi connectivity index (χ1v) is 10.3. The monoisotopic (exact) mass is 426 g/mol. The number of benzene rings is 2. The largest absolute Gasteiger partial charge is 0.455 e. The fraction of sp³-hybridized carbons (Fsp3) is 0.348. The zero-order chi connectivity index (χ0) is 21.5. The SMILES string of the molecule is CC1(C)C(=O)Nc2ccccc2N1C(=O)COC(=O)C1(c2ccc(Cl)cc2)CCC1. The molecule has 2 aliphatic rings. The summed E-state index contributed by atoms with van der Waals surface area (Å²) in [4.78, 5) is 40.0. The van der Waals surface area contributed by atoms with Gasteiger partial charge < -0.3 is 10.1 Å². The van der Waals surface area contributed by atoms with Crippen LogP contribution in [0.2, 0.25) is 5.02 Å². The number of rotatable bonds is 4. The van der Waals surface area contributed by atoms with Crippen molar-refractivity contribution in [2.45, 2.75) is 44.1 Å². The average Bonchev–Trinajstić information content (AvgIpc) is 2.67. The van der Waals surface area contributed by atoms with Crippen molar-refractivity contribution in [1.82, 2.24) is 0 Å². The van der Waals surface area contributed by atoms with Gasteiger partial charge in [-0.05, 0) is 56.5 Å². The smallest absolute Gasteiger partial charge is 0.317 e. The van der Waals surface area contributed by atoms with Gasteiger partial charge in [-0.1, -0.05) is 42.3 Å². The first kappa shape index (κ1) is 20.4. The molecule has 6 nitrogen and oxygen atoms in total. The van der Waals surface area contributed by atoms with Crippen molar-refractivity contribution in [1.29, 1.82) is 0 Å². The van der Waals surface area contributed by atoms with Gasteiger partial charge >= 0.3 is 5.97 Å². The van der Waals surface area contributed by atoms with Gasteiger partial charge in [0.15, 0.2) is 6.61 Å². The van der Waals surface area contributed by atoms with Crippen LogP contribution in [0.3, 0.4) is 0 Å². The summed E-state index contributed by atoms with van der Waals surface area (Å²) >= 11 is 5.97. The molecule has 1 fully saturated rings. The molecule has 4 rings (SSSR count). The summed E-state index contributed by atoms with van der Waals surface area (Å²) in [6.07, 6.45) is 2.25. The highest BCUT2D eigenvalue weighted by Crippen LogP contribution is 2.45. The number of amides is 2. The Labute approximate surface area is 180 Å². The number of halogens is 1. The Kier molecular flexibility index (Phi) is 5.06. The minimum atomic E-state index is -1.11. The summed E-state index contributed by atoms with van der Waals surface area (Å²) in [6, 6.07) is 14.2. The molecule has 156 valence electrons. The van der Waals surface area contributed by atoms with Crippen LogP contribution in [0, 0.1) is 0 Å². The van der Waals surface area contributed by atoms with Gasteiger partial charge in [-0.25, -0.2) is 0 Å². The van der Waals surface area contributed by atoms with E-state index >= 15 is 0 Å². The first-order chi connectivity index (χ1) is 14.3. The zero-order valence-electron chi connectivity index (χ0n) is 16.9.